The van der Waals surface area contributed by atoms with Crippen molar-refractivity contribution in [2.45, 2.75) is 18.7 Å². The lowest BCUT2D eigenvalue weighted by atomic mass is 10.3. The second-order valence-electron chi connectivity index (χ2n) is 5.31. The molecule has 1 N–H and O–H groups in total. The van der Waals surface area contributed by atoms with Gasteiger partial charge in [-0.25, -0.2) is 8.42 Å². The Kier molecular flexibility index (Phi) is 4.69. The van der Waals surface area contributed by atoms with Crippen molar-refractivity contribution in [1.82, 2.24) is 5.16 Å². The molecule has 0 amide bonds. The van der Waals surface area contributed by atoms with Crippen LogP contribution in [0.3, 0.4) is 0 Å². The van der Waals surface area contributed by atoms with Crippen molar-refractivity contribution in [1.29, 1.82) is 0 Å². The molecule has 0 saturated heterocycles. The van der Waals surface area contributed by atoms with Crippen LogP contribution in [0.1, 0.15) is 11.5 Å². The number of nitrogens with zero attached hydrogens (tertiary/aromatic N) is 1. The molecule has 0 radical (unpaired) electrons. The maximum Gasteiger partial charge on any atom is 0.267 e. The first-order chi connectivity index (χ1) is 11.9. The van der Waals surface area contributed by atoms with E-state index in [0.717, 1.165) is 0 Å². The fraction of sp³-hybridized carbons (Fsp3) is 0.118. The van der Waals surface area contributed by atoms with Gasteiger partial charge in [-0.3, -0.25) is 4.72 Å². The summed E-state index contributed by atoms with van der Waals surface area (Å²) in [6.07, 6.45) is 0. The van der Waals surface area contributed by atoms with Gasteiger partial charge in [-0.2, -0.15) is 0 Å². The molecule has 0 atom stereocenters. The zero-order valence-electron chi connectivity index (χ0n) is 13.5. The highest BCUT2D eigenvalue weighted by molar-refractivity contribution is 7.92. The summed E-state index contributed by atoms with van der Waals surface area (Å²) in [4.78, 5) is -0.00173. The molecule has 6 nitrogen and oxygen atoms in total. The summed E-state index contributed by atoms with van der Waals surface area (Å²) >= 11 is 6.01. The number of aromatic nitrogens is 1. The van der Waals surface area contributed by atoms with Gasteiger partial charge in [-0.15, -0.1) is 0 Å². The molecule has 0 spiro atoms. The van der Waals surface area contributed by atoms with Crippen molar-refractivity contribution < 1.29 is 17.7 Å². The van der Waals surface area contributed by atoms with Crippen molar-refractivity contribution >= 4 is 27.3 Å². The Labute approximate surface area is 150 Å². The van der Waals surface area contributed by atoms with Crippen LogP contribution in [0.25, 0.3) is 0 Å². The fourth-order valence-electron chi connectivity index (χ4n) is 2.34. The van der Waals surface area contributed by atoms with E-state index in [9.17, 15) is 8.42 Å². The molecule has 1 heterocycles. The first-order valence-electron chi connectivity index (χ1n) is 7.35. The molecule has 0 bridgehead atoms. The van der Waals surface area contributed by atoms with Gasteiger partial charge in [0.15, 0.2) is 16.4 Å². The summed E-state index contributed by atoms with van der Waals surface area (Å²) in [7, 11) is -3.91. The van der Waals surface area contributed by atoms with Gasteiger partial charge in [-0.05, 0) is 44.2 Å². The molecular weight excluding hydrogens is 364 g/mol. The summed E-state index contributed by atoms with van der Waals surface area (Å²) in [5.74, 6) is 1.10. The molecular formula is C17H15ClN2O4S. The number of aryl methyl sites for hydroxylation is 2. The number of anilines is 1. The largest absolute Gasteiger partial charge is 0.455 e. The standard InChI is InChI=1S/C17H15ClN2O4S/c1-11-17(12(2)24-19-11)25(21,22)20-15-10-13(18)8-9-16(15)23-14-6-4-3-5-7-14/h3-10,20H,1-2H3. The van der Waals surface area contributed by atoms with E-state index in [1.54, 1.807) is 31.2 Å². The summed E-state index contributed by atoms with van der Waals surface area (Å²) < 4.78 is 38.6. The van der Waals surface area contributed by atoms with Crippen LogP contribution in [0.5, 0.6) is 11.5 Å². The summed E-state index contributed by atoms with van der Waals surface area (Å²) in [6.45, 7) is 3.10. The Morgan fingerprint density at radius 2 is 1.84 bits per heavy atom. The van der Waals surface area contributed by atoms with E-state index in [1.807, 2.05) is 18.2 Å². The maximum absolute atomic E-state index is 12.7. The van der Waals surface area contributed by atoms with Crippen molar-refractivity contribution in [3.05, 3.63) is 65.0 Å². The number of hydrogen-bond acceptors (Lipinski definition) is 5. The number of sulfonamides is 1. The van der Waals surface area contributed by atoms with E-state index in [0.29, 0.717) is 16.5 Å². The Morgan fingerprint density at radius 1 is 1.12 bits per heavy atom. The van der Waals surface area contributed by atoms with Gasteiger partial charge in [0.05, 0.1) is 5.69 Å². The van der Waals surface area contributed by atoms with Crippen LogP contribution in [0.2, 0.25) is 5.02 Å². The Morgan fingerprint density at radius 3 is 2.48 bits per heavy atom. The predicted molar refractivity (Wildman–Crippen MR) is 94.8 cm³/mol. The minimum Gasteiger partial charge on any atom is -0.455 e. The van der Waals surface area contributed by atoms with Crippen molar-refractivity contribution in [2.24, 2.45) is 0 Å². The molecule has 3 rings (SSSR count). The molecule has 2 aromatic carbocycles. The smallest absolute Gasteiger partial charge is 0.267 e. The van der Waals surface area contributed by atoms with E-state index in [2.05, 4.69) is 9.88 Å². The minimum atomic E-state index is -3.91. The average molecular weight is 379 g/mol. The molecule has 0 fully saturated rings. The van der Waals surface area contributed by atoms with Crippen molar-refractivity contribution in [3.8, 4) is 11.5 Å². The second-order valence-corrected chi connectivity index (χ2v) is 7.37. The normalized spacial score (nSPS) is 11.3. The third kappa shape index (κ3) is 3.78. The number of benzene rings is 2. The molecule has 0 aliphatic rings. The van der Waals surface area contributed by atoms with Crippen LogP contribution in [0.15, 0.2) is 57.9 Å². The molecule has 25 heavy (non-hydrogen) atoms. The molecule has 1 aromatic heterocycles. The molecule has 130 valence electrons. The third-order valence-electron chi connectivity index (χ3n) is 3.39. The Bertz CT molecular complexity index is 981. The molecule has 0 saturated carbocycles. The predicted octanol–water partition coefficient (Wildman–Crippen LogP) is 4.54. The van der Waals surface area contributed by atoms with Gasteiger partial charge >= 0.3 is 0 Å². The van der Waals surface area contributed by atoms with Crippen LogP contribution < -0.4 is 9.46 Å². The maximum atomic E-state index is 12.7. The molecule has 3 aromatic rings. The zero-order valence-corrected chi connectivity index (χ0v) is 15.1. The SMILES string of the molecule is Cc1noc(C)c1S(=O)(=O)Nc1cc(Cl)ccc1Oc1ccccc1. The topological polar surface area (TPSA) is 81.4 Å². The lowest BCUT2D eigenvalue weighted by molar-refractivity contribution is 0.390. The van der Waals surface area contributed by atoms with Gasteiger partial charge in [0.25, 0.3) is 10.0 Å². The van der Waals surface area contributed by atoms with E-state index in [4.69, 9.17) is 20.9 Å². The van der Waals surface area contributed by atoms with E-state index in [1.165, 1.54) is 13.0 Å². The van der Waals surface area contributed by atoms with E-state index < -0.39 is 10.0 Å². The van der Waals surface area contributed by atoms with Crippen molar-refractivity contribution in [2.75, 3.05) is 4.72 Å². The monoisotopic (exact) mass is 378 g/mol. The lowest BCUT2D eigenvalue weighted by Gasteiger charge is -2.13. The number of ether oxygens (including phenoxy) is 1. The highest BCUT2D eigenvalue weighted by atomic mass is 35.5. The van der Waals surface area contributed by atoms with Crippen LogP contribution in [0.4, 0.5) is 5.69 Å². The van der Waals surface area contributed by atoms with Crippen LogP contribution in [-0.2, 0) is 10.0 Å². The van der Waals surface area contributed by atoms with Gasteiger partial charge < -0.3 is 9.26 Å². The summed E-state index contributed by atoms with van der Waals surface area (Å²) in [5, 5.41) is 4.05. The minimum absolute atomic E-state index is 0.00173. The summed E-state index contributed by atoms with van der Waals surface area (Å²) in [5.41, 5.74) is 0.494. The van der Waals surface area contributed by atoms with Crippen LogP contribution >= 0.6 is 11.6 Å². The molecule has 0 aliphatic heterocycles. The zero-order chi connectivity index (χ0) is 18.0. The number of nitrogens with one attached hydrogen (secondary N) is 1. The number of rotatable bonds is 5. The average Bonchev–Trinajstić information content (AvgIpc) is 2.90. The van der Waals surface area contributed by atoms with Gasteiger partial charge in [0.1, 0.15) is 11.4 Å². The fourth-order valence-corrected chi connectivity index (χ4v) is 3.91. The lowest BCUT2D eigenvalue weighted by Crippen LogP contribution is -2.15. The Balaban J connectivity index is 1.98. The quantitative estimate of drug-likeness (QED) is 0.704. The second kappa shape index (κ2) is 6.78. The molecule has 0 aliphatic carbocycles. The third-order valence-corrected chi connectivity index (χ3v) is 5.24. The number of hydrogen-bond donors (Lipinski definition) is 1. The van der Waals surface area contributed by atoms with E-state index in [-0.39, 0.29) is 22.0 Å². The molecule has 0 unspecified atom stereocenters. The highest BCUT2D eigenvalue weighted by Crippen LogP contribution is 2.34. The van der Waals surface area contributed by atoms with Crippen LogP contribution in [0, 0.1) is 13.8 Å². The van der Waals surface area contributed by atoms with Gasteiger partial charge in [-0.1, -0.05) is 35.0 Å². The molecule has 8 heteroatoms. The first kappa shape index (κ1) is 17.3. The number of halogens is 1. The number of para-hydroxylation sites is 1. The van der Waals surface area contributed by atoms with Crippen molar-refractivity contribution in [3.63, 3.8) is 0 Å². The first-order valence-corrected chi connectivity index (χ1v) is 9.21. The van der Waals surface area contributed by atoms with E-state index >= 15 is 0 Å². The van der Waals surface area contributed by atoms with Gasteiger partial charge in [0, 0.05) is 5.02 Å². The summed E-state index contributed by atoms with van der Waals surface area (Å²) in [6, 6.07) is 13.7. The van der Waals surface area contributed by atoms with Crippen LogP contribution in [-0.4, -0.2) is 13.6 Å². The Hall–Kier alpha value is -2.51. The van der Waals surface area contributed by atoms with Gasteiger partial charge in [0.2, 0.25) is 0 Å². The highest BCUT2D eigenvalue weighted by Gasteiger charge is 2.25.